The Bertz CT molecular complexity index is 1310. The van der Waals surface area contributed by atoms with Crippen molar-refractivity contribution in [1.82, 2.24) is 14.5 Å². The Labute approximate surface area is 181 Å². The molecule has 2 aromatic heterocycles. The fraction of sp³-hybridized carbons (Fsp3) is 0.259. The molecule has 1 saturated heterocycles. The molecule has 4 heterocycles. The van der Waals surface area contributed by atoms with E-state index in [0.29, 0.717) is 11.8 Å². The first-order chi connectivity index (χ1) is 15.2. The third kappa shape index (κ3) is 3.37. The highest BCUT2D eigenvalue weighted by molar-refractivity contribution is 5.78. The number of benzene rings is 2. The average Bonchev–Trinajstić information content (AvgIpc) is 2.80. The van der Waals surface area contributed by atoms with Crippen molar-refractivity contribution < 1.29 is 0 Å². The van der Waals surface area contributed by atoms with Gasteiger partial charge in [-0.1, -0.05) is 48.5 Å². The Morgan fingerprint density at radius 1 is 0.903 bits per heavy atom. The van der Waals surface area contributed by atoms with E-state index in [1.165, 1.54) is 27.8 Å². The molecule has 2 aliphatic heterocycles. The summed E-state index contributed by atoms with van der Waals surface area (Å²) < 4.78 is 2.05. The molecule has 2 atom stereocenters. The smallest absolute Gasteiger partial charge is 0.250 e. The van der Waals surface area contributed by atoms with Crippen LogP contribution in [0.2, 0.25) is 0 Å². The number of nitrogens with zero attached hydrogens (tertiary/aromatic N) is 3. The number of hydrogen-bond acceptors (Lipinski definition) is 3. The highest BCUT2D eigenvalue weighted by Crippen LogP contribution is 2.40. The van der Waals surface area contributed by atoms with Gasteiger partial charge in [0.1, 0.15) is 0 Å². The molecular weight excluding hydrogens is 382 g/mol. The lowest BCUT2D eigenvalue weighted by molar-refractivity contribution is 0.114. The van der Waals surface area contributed by atoms with Gasteiger partial charge in [0, 0.05) is 61.0 Å². The van der Waals surface area contributed by atoms with E-state index in [1.807, 2.05) is 24.4 Å². The van der Waals surface area contributed by atoms with E-state index >= 15 is 0 Å². The van der Waals surface area contributed by atoms with E-state index in [-0.39, 0.29) is 5.56 Å². The van der Waals surface area contributed by atoms with Crippen molar-refractivity contribution >= 4 is 10.9 Å². The molecule has 2 aliphatic rings. The molecular formula is C27H25N3O. The normalized spacial score (nSPS) is 20.5. The number of piperidine rings is 1. The number of aromatic nitrogens is 2. The lowest BCUT2D eigenvalue weighted by Crippen LogP contribution is -2.47. The van der Waals surface area contributed by atoms with E-state index in [4.69, 9.17) is 0 Å². The quantitative estimate of drug-likeness (QED) is 0.495. The third-order valence-electron chi connectivity index (χ3n) is 6.80. The van der Waals surface area contributed by atoms with Crippen LogP contribution in [0.15, 0.2) is 83.8 Å². The molecule has 1 fully saturated rings. The first-order valence-electron chi connectivity index (χ1n) is 11.1. The number of para-hydroxylation sites is 1. The van der Waals surface area contributed by atoms with Crippen LogP contribution in [0.5, 0.6) is 0 Å². The predicted octanol–water partition coefficient (Wildman–Crippen LogP) is 4.68. The maximum Gasteiger partial charge on any atom is 0.250 e. The molecule has 4 aromatic rings. The number of rotatable bonds is 3. The van der Waals surface area contributed by atoms with Crippen molar-refractivity contribution in [2.24, 2.45) is 5.92 Å². The van der Waals surface area contributed by atoms with E-state index in [1.54, 1.807) is 6.07 Å². The number of hydrogen-bond donors (Lipinski definition) is 0. The largest absolute Gasteiger partial charge is 0.311 e. The topological polar surface area (TPSA) is 38.1 Å². The lowest BCUT2D eigenvalue weighted by Gasteiger charge is -2.43. The highest BCUT2D eigenvalue weighted by Gasteiger charge is 2.36. The SMILES string of the molecule is O=c1ccc(-c2ccccc2)c2n1C[C@H]1C[C@H]2CN(Cc2cnc3ccccc3c2)C1. The first-order valence-corrected chi connectivity index (χ1v) is 11.1. The highest BCUT2D eigenvalue weighted by atomic mass is 16.1. The van der Waals surface area contributed by atoms with Gasteiger partial charge in [-0.2, -0.15) is 0 Å². The van der Waals surface area contributed by atoms with Crippen LogP contribution in [0.1, 0.15) is 23.6 Å². The summed E-state index contributed by atoms with van der Waals surface area (Å²) in [5, 5.41) is 1.19. The van der Waals surface area contributed by atoms with Gasteiger partial charge in [0.25, 0.3) is 5.56 Å². The van der Waals surface area contributed by atoms with Gasteiger partial charge < -0.3 is 4.57 Å². The molecule has 4 heteroatoms. The van der Waals surface area contributed by atoms with Gasteiger partial charge in [-0.25, -0.2) is 0 Å². The standard InChI is InChI=1S/C27H25N3O/c31-26-11-10-24(21-6-2-1-3-7-21)27-23-13-20(17-30(26)27)16-29(18-23)15-19-12-22-8-4-5-9-25(22)28-14-19/h1-12,14,20,23H,13,15-18H2/t20-,23-/m0/s1. The summed E-state index contributed by atoms with van der Waals surface area (Å²) in [6.07, 6.45) is 3.18. The molecule has 0 radical (unpaired) electrons. The van der Waals surface area contributed by atoms with Gasteiger partial charge in [-0.05, 0) is 41.7 Å². The molecule has 4 nitrogen and oxygen atoms in total. The fourth-order valence-corrected chi connectivity index (χ4v) is 5.57. The van der Waals surface area contributed by atoms with Gasteiger partial charge in [-0.3, -0.25) is 14.7 Å². The van der Waals surface area contributed by atoms with Crippen molar-refractivity contribution in [2.45, 2.75) is 25.4 Å². The molecule has 0 unspecified atom stereocenters. The minimum atomic E-state index is 0.136. The number of fused-ring (bicyclic) bond motifs is 5. The second-order valence-corrected chi connectivity index (χ2v) is 8.98. The molecule has 2 aromatic carbocycles. The van der Waals surface area contributed by atoms with E-state index in [9.17, 15) is 4.79 Å². The molecule has 31 heavy (non-hydrogen) atoms. The van der Waals surface area contributed by atoms with Crippen LogP contribution in [-0.4, -0.2) is 27.5 Å². The Morgan fingerprint density at radius 2 is 1.74 bits per heavy atom. The molecule has 0 saturated carbocycles. The maximum absolute atomic E-state index is 12.7. The summed E-state index contributed by atoms with van der Waals surface area (Å²) in [6.45, 7) is 3.73. The fourth-order valence-electron chi connectivity index (χ4n) is 5.57. The van der Waals surface area contributed by atoms with Crippen molar-refractivity contribution in [2.75, 3.05) is 13.1 Å². The van der Waals surface area contributed by atoms with Gasteiger partial charge in [0.15, 0.2) is 0 Å². The van der Waals surface area contributed by atoms with Gasteiger partial charge >= 0.3 is 0 Å². The molecule has 0 aliphatic carbocycles. The molecule has 154 valence electrons. The minimum Gasteiger partial charge on any atom is -0.311 e. The third-order valence-corrected chi connectivity index (χ3v) is 6.80. The van der Waals surface area contributed by atoms with E-state index in [2.05, 4.69) is 63.0 Å². The predicted molar refractivity (Wildman–Crippen MR) is 124 cm³/mol. The van der Waals surface area contributed by atoms with Crippen LogP contribution in [0.25, 0.3) is 22.0 Å². The lowest BCUT2D eigenvalue weighted by atomic mass is 9.80. The van der Waals surface area contributed by atoms with Gasteiger partial charge in [-0.15, -0.1) is 0 Å². The number of likely N-dealkylation sites (tertiary alicyclic amines) is 1. The zero-order chi connectivity index (χ0) is 20.8. The summed E-state index contributed by atoms with van der Waals surface area (Å²) in [5.41, 5.74) is 6.06. The Balaban J connectivity index is 1.33. The molecule has 2 bridgehead atoms. The van der Waals surface area contributed by atoms with Crippen molar-refractivity contribution in [3.8, 4) is 11.1 Å². The summed E-state index contributed by atoms with van der Waals surface area (Å²) in [6, 6.07) is 24.8. The van der Waals surface area contributed by atoms with Crippen LogP contribution >= 0.6 is 0 Å². The van der Waals surface area contributed by atoms with Crippen LogP contribution in [0.3, 0.4) is 0 Å². The molecule has 0 amide bonds. The van der Waals surface area contributed by atoms with Gasteiger partial charge in [0.05, 0.1) is 5.52 Å². The second kappa shape index (κ2) is 7.47. The molecule has 6 rings (SSSR count). The summed E-state index contributed by atoms with van der Waals surface area (Å²) >= 11 is 0. The van der Waals surface area contributed by atoms with Crippen LogP contribution in [-0.2, 0) is 13.1 Å². The van der Waals surface area contributed by atoms with Gasteiger partial charge in [0.2, 0.25) is 0 Å². The minimum absolute atomic E-state index is 0.136. The van der Waals surface area contributed by atoms with Crippen LogP contribution in [0.4, 0.5) is 0 Å². The van der Waals surface area contributed by atoms with E-state index in [0.717, 1.165) is 38.1 Å². The Kier molecular flexibility index (Phi) is 4.46. The van der Waals surface area contributed by atoms with Crippen molar-refractivity contribution in [1.29, 1.82) is 0 Å². The van der Waals surface area contributed by atoms with Crippen molar-refractivity contribution in [3.63, 3.8) is 0 Å². The van der Waals surface area contributed by atoms with Crippen LogP contribution in [0, 0.1) is 5.92 Å². The summed E-state index contributed by atoms with van der Waals surface area (Å²) in [7, 11) is 0. The second-order valence-electron chi connectivity index (χ2n) is 8.98. The first kappa shape index (κ1) is 18.5. The zero-order valence-corrected chi connectivity index (χ0v) is 17.4. The average molecular weight is 408 g/mol. The maximum atomic E-state index is 12.7. The van der Waals surface area contributed by atoms with E-state index < -0.39 is 0 Å². The molecule has 0 N–H and O–H groups in total. The Hall–Kier alpha value is -3.24. The summed E-state index contributed by atoms with van der Waals surface area (Å²) in [5.74, 6) is 0.897. The van der Waals surface area contributed by atoms with Crippen molar-refractivity contribution in [3.05, 3.63) is 101 Å². The summed E-state index contributed by atoms with van der Waals surface area (Å²) in [4.78, 5) is 19.9. The zero-order valence-electron chi connectivity index (χ0n) is 17.4. The van der Waals surface area contributed by atoms with Crippen LogP contribution < -0.4 is 5.56 Å². The Morgan fingerprint density at radius 3 is 2.65 bits per heavy atom. The number of pyridine rings is 2. The monoisotopic (exact) mass is 407 g/mol. The molecule has 0 spiro atoms.